The fourth-order valence-corrected chi connectivity index (χ4v) is 6.21. The summed E-state index contributed by atoms with van der Waals surface area (Å²) in [5.74, 6) is -0.202. The quantitative estimate of drug-likeness (QED) is 0.357. The second-order valence-corrected chi connectivity index (χ2v) is 12.6. The van der Waals surface area contributed by atoms with Crippen LogP contribution < -0.4 is 5.56 Å². The average molecular weight is 587 g/mol. The summed E-state index contributed by atoms with van der Waals surface area (Å²) in [4.78, 5) is 37.5. The van der Waals surface area contributed by atoms with Gasteiger partial charge < -0.3 is 14.3 Å². The zero-order valence-corrected chi connectivity index (χ0v) is 24.3. The molecular weight excluding hydrogens is 553 g/mol. The Morgan fingerprint density at radius 3 is 2.39 bits per heavy atom. The number of aromatic nitrogens is 2. The van der Waals surface area contributed by atoms with Crippen LogP contribution in [0.5, 0.6) is 0 Å². The van der Waals surface area contributed by atoms with E-state index in [9.17, 15) is 22.8 Å². The zero-order chi connectivity index (χ0) is 29.5. The average Bonchev–Trinajstić information content (AvgIpc) is 3.60. The van der Waals surface area contributed by atoms with Crippen molar-refractivity contribution in [1.82, 2.24) is 14.5 Å². The number of amides is 1. The number of pyridine rings is 1. The number of hydrogen-bond acceptors (Lipinski definition) is 6. The van der Waals surface area contributed by atoms with Crippen LogP contribution in [-0.2, 0) is 27.8 Å². The summed E-state index contributed by atoms with van der Waals surface area (Å²) in [6.07, 6.45) is -2.91. The normalized spacial score (nSPS) is 18.4. The van der Waals surface area contributed by atoms with Gasteiger partial charge in [-0.1, -0.05) is 50.2 Å². The summed E-state index contributed by atoms with van der Waals surface area (Å²) in [7, 11) is 0. The lowest BCUT2D eigenvalue weighted by Crippen LogP contribution is -2.42. The summed E-state index contributed by atoms with van der Waals surface area (Å²) in [6, 6.07) is 10.4. The highest BCUT2D eigenvalue weighted by atomic mass is 32.1. The fourth-order valence-electron chi connectivity index (χ4n) is 5.21. The Morgan fingerprint density at radius 1 is 1.07 bits per heavy atom. The van der Waals surface area contributed by atoms with E-state index < -0.39 is 23.8 Å². The van der Waals surface area contributed by atoms with E-state index in [4.69, 9.17) is 9.82 Å². The first-order valence-electron chi connectivity index (χ1n) is 13.7. The molecule has 0 aliphatic carbocycles. The largest absolute Gasteiger partial charge is 0.421 e. The first-order chi connectivity index (χ1) is 19.3. The summed E-state index contributed by atoms with van der Waals surface area (Å²) in [5.41, 5.74) is 1.88. The third kappa shape index (κ3) is 6.24. The number of carbonyl (C=O) groups is 1. The van der Waals surface area contributed by atoms with Gasteiger partial charge in [0.25, 0.3) is 5.56 Å². The van der Waals surface area contributed by atoms with E-state index in [-0.39, 0.29) is 23.3 Å². The maximum Gasteiger partial charge on any atom is 0.421 e. The molecule has 11 heteroatoms. The molecule has 2 aliphatic heterocycles. The molecule has 1 amide bonds. The third-order valence-corrected chi connectivity index (χ3v) is 8.83. The molecule has 2 aromatic heterocycles. The molecule has 1 saturated heterocycles. The summed E-state index contributed by atoms with van der Waals surface area (Å²) in [5, 5.41) is 7.27. The number of piperidine rings is 1. The van der Waals surface area contributed by atoms with Crippen LogP contribution in [0.4, 0.5) is 13.2 Å². The van der Waals surface area contributed by atoms with Crippen molar-refractivity contribution in [2.24, 2.45) is 5.16 Å². The van der Waals surface area contributed by atoms with Gasteiger partial charge in [-0.3, -0.25) is 9.59 Å². The van der Waals surface area contributed by atoms with E-state index in [2.05, 4.69) is 50.2 Å². The van der Waals surface area contributed by atoms with Crippen molar-refractivity contribution >= 4 is 23.0 Å². The number of hydrogen-bond donors (Lipinski definition) is 0. The predicted molar refractivity (Wildman–Crippen MR) is 151 cm³/mol. The van der Waals surface area contributed by atoms with Crippen molar-refractivity contribution in [2.75, 3.05) is 13.1 Å². The number of halogens is 3. The number of nitrogens with zero attached hydrogens (tertiary/aromatic N) is 4. The molecule has 3 aromatic rings. The number of aryl methyl sites for hydroxylation is 1. The van der Waals surface area contributed by atoms with Crippen LogP contribution in [0.3, 0.4) is 0 Å². The standard InChI is InChI=1S/C30H33F3N4O3S/c1-18-5-10-22(30(31,32)33)28(39)37(18)16-26(38)36-13-11-20(12-14-36)27-34-24(17-41-27)23-15-25(40-35-23)19-6-8-21(9-7-19)29(2,3)4/h5-10,17,20,25H,11-16H2,1-4H3. The highest BCUT2D eigenvalue weighted by Gasteiger charge is 2.35. The Balaban J connectivity index is 1.17. The summed E-state index contributed by atoms with van der Waals surface area (Å²) in [6.45, 7) is 8.54. The van der Waals surface area contributed by atoms with Gasteiger partial charge in [0.05, 0.1) is 10.7 Å². The molecule has 1 fully saturated rings. The van der Waals surface area contributed by atoms with Gasteiger partial charge in [-0.15, -0.1) is 11.3 Å². The van der Waals surface area contributed by atoms with Crippen LogP contribution in [0.25, 0.3) is 0 Å². The lowest BCUT2D eigenvalue weighted by Gasteiger charge is -2.31. The van der Waals surface area contributed by atoms with E-state index in [0.29, 0.717) is 38.0 Å². The van der Waals surface area contributed by atoms with Crippen molar-refractivity contribution < 1.29 is 22.8 Å². The van der Waals surface area contributed by atoms with E-state index in [1.54, 1.807) is 16.2 Å². The maximum atomic E-state index is 13.2. The summed E-state index contributed by atoms with van der Waals surface area (Å²) >= 11 is 1.56. The highest BCUT2D eigenvalue weighted by Crippen LogP contribution is 2.34. The van der Waals surface area contributed by atoms with Crippen molar-refractivity contribution in [2.45, 2.75) is 77.1 Å². The summed E-state index contributed by atoms with van der Waals surface area (Å²) < 4.78 is 40.4. The number of likely N-dealkylation sites (tertiary alicyclic amines) is 1. The van der Waals surface area contributed by atoms with Gasteiger partial charge in [0.2, 0.25) is 5.91 Å². The molecule has 218 valence electrons. The number of oxime groups is 1. The van der Waals surface area contributed by atoms with Crippen molar-refractivity contribution in [3.05, 3.63) is 85.2 Å². The smallest absolute Gasteiger partial charge is 0.387 e. The second-order valence-electron chi connectivity index (χ2n) is 11.7. The van der Waals surface area contributed by atoms with E-state index in [1.807, 2.05) is 5.38 Å². The minimum atomic E-state index is -4.77. The Hall–Kier alpha value is -3.47. The SMILES string of the molecule is Cc1ccc(C(F)(F)F)c(=O)n1CC(=O)N1CCC(c2nc(C3=NOC(c4ccc(C(C)(C)C)cc4)C3)cs2)CC1. The number of benzene rings is 1. The number of carbonyl (C=O) groups excluding carboxylic acids is 1. The monoisotopic (exact) mass is 586 g/mol. The molecule has 41 heavy (non-hydrogen) atoms. The Bertz CT molecular complexity index is 1510. The molecule has 0 saturated carbocycles. The van der Waals surface area contributed by atoms with Gasteiger partial charge >= 0.3 is 6.18 Å². The highest BCUT2D eigenvalue weighted by molar-refractivity contribution is 7.10. The van der Waals surface area contributed by atoms with E-state index in [1.165, 1.54) is 18.6 Å². The minimum absolute atomic E-state index is 0.0815. The second kappa shape index (κ2) is 11.1. The van der Waals surface area contributed by atoms with Gasteiger partial charge in [0.15, 0.2) is 6.10 Å². The predicted octanol–water partition coefficient (Wildman–Crippen LogP) is 6.20. The lowest BCUT2D eigenvalue weighted by molar-refractivity contribution is -0.139. The van der Waals surface area contributed by atoms with Gasteiger partial charge in [0, 0.05) is 36.5 Å². The van der Waals surface area contributed by atoms with Crippen molar-refractivity contribution in [1.29, 1.82) is 0 Å². The number of rotatable bonds is 5. The van der Waals surface area contributed by atoms with Gasteiger partial charge in [-0.2, -0.15) is 13.2 Å². The van der Waals surface area contributed by atoms with Crippen LogP contribution >= 0.6 is 11.3 Å². The lowest BCUT2D eigenvalue weighted by atomic mass is 9.86. The molecular formula is C30H33F3N4O3S. The van der Waals surface area contributed by atoms with Crippen LogP contribution in [-0.4, -0.2) is 39.2 Å². The molecule has 0 N–H and O–H groups in total. The number of alkyl halides is 3. The van der Waals surface area contributed by atoms with E-state index in [0.717, 1.165) is 32.6 Å². The molecule has 1 aromatic carbocycles. The molecule has 2 aliphatic rings. The topological polar surface area (TPSA) is 76.8 Å². The van der Waals surface area contributed by atoms with Crippen LogP contribution in [0.1, 0.15) is 85.1 Å². The van der Waals surface area contributed by atoms with Gasteiger partial charge in [-0.05, 0) is 48.4 Å². The molecule has 0 bridgehead atoms. The Morgan fingerprint density at radius 2 is 1.76 bits per heavy atom. The van der Waals surface area contributed by atoms with Crippen LogP contribution in [0.2, 0.25) is 0 Å². The van der Waals surface area contributed by atoms with Gasteiger partial charge in [-0.25, -0.2) is 4.98 Å². The van der Waals surface area contributed by atoms with Crippen molar-refractivity contribution in [3.63, 3.8) is 0 Å². The van der Waals surface area contributed by atoms with Crippen LogP contribution in [0.15, 0.2) is 51.7 Å². The Kier molecular flexibility index (Phi) is 7.84. The molecule has 0 radical (unpaired) electrons. The number of thiazole rings is 1. The molecule has 4 heterocycles. The van der Waals surface area contributed by atoms with E-state index >= 15 is 0 Å². The minimum Gasteiger partial charge on any atom is -0.387 e. The third-order valence-electron chi connectivity index (χ3n) is 7.82. The molecule has 5 rings (SSSR count). The maximum absolute atomic E-state index is 13.2. The molecule has 1 unspecified atom stereocenters. The first-order valence-corrected chi connectivity index (χ1v) is 14.5. The van der Waals surface area contributed by atoms with Crippen LogP contribution in [0, 0.1) is 6.92 Å². The molecule has 1 atom stereocenters. The molecule has 0 spiro atoms. The van der Waals surface area contributed by atoms with Gasteiger partial charge in [0.1, 0.15) is 17.8 Å². The fraction of sp³-hybridized carbons (Fsp3) is 0.467. The first kappa shape index (κ1) is 29.0. The Labute approximate surface area is 240 Å². The molecule has 7 nitrogen and oxygen atoms in total. The van der Waals surface area contributed by atoms with Crippen molar-refractivity contribution in [3.8, 4) is 0 Å². The zero-order valence-electron chi connectivity index (χ0n) is 23.5.